The van der Waals surface area contributed by atoms with Gasteiger partial charge in [-0.1, -0.05) is 6.92 Å². The topological polar surface area (TPSA) is 115 Å². The van der Waals surface area contributed by atoms with E-state index in [2.05, 4.69) is 27.1 Å². The lowest BCUT2D eigenvalue weighted by Gasteiger charge is -2.26. The number of nitrogens with zero attached hydrogens (tertiary/aromatic N) is 6. The second-order valence-electron chi connectivity index (χ2n) is 10.4. The molecule has 0 aliphatic carbocycles. The van der Waals surface area contributed by atoms with Crippen LogP contribution in [0.3, 0.4) is 0 Å². The third-order valence-electron chi connectivity index (χ3n) is 7.14. The molecule has 2 atom stereocenters. The van der Waals surface area contributed by atoms with Gasteiger partial charge in [0.15, 0.2) is 0 Å². The molecule has 2 N–H and O–H groups in total. The molecule has 3 aromatic heterocycles. The average molecular weight is 568 g/mol. The smallest absolute Gasteiger partial charge is 0.240 e. The third-order valence-corrected chi connectivity index (χ3v) is 7.14. The Morgan fingerprint density at radius 1 is 1.24 bits per heavy atom. The molecule has 2 bridgehead atoms. The Bertz CT molecular complexity index is 1550. The van der Waals surface area contributed by atoms with Crippen molar-refractivity contribution in [2.24, 2.45) is 7.05 Å². The number of aryl methyl sites for hydroxylation is 1. The number of ether oxygens (including phenoxy) is 3. The number of halogens is 1. The van der Waals surface area contributed by atoms with Crippen LogP contribution in [0.5, 0.6) is 11.8 Å². The minimum atomic E-state index is -0.598. The number of methoxy groups -OCH3 is 1. The van der Waals surface area contributed by atoms with Crippen LogP contribution in [-0.4, -0.2) is 78.8 Å². The van der Waals surface area contributed by atoms with E-state index in [4.69, 9.17) is 19.3 Å². The monoisotopic (exact) mass is 567 g/mol. The summed E-state index contributed by atoms with van der Waals surface area (Å²) in [6, 6.07) is 3.22. The number of benzene rings is 1. The predicted octanol–water partition coefficient (Wildman–Crippen LogP) is 4.00. The molecule has 0 saturated heterocycles. The fourth-order valence-electron chi connectivity index (χ4n) is 5.32. The average Bonchev–Trinajstić information content (AvgIpc) is 3.55. The van der Waals surface area contributed by atoms with Gasteiger partial charge in [0.25, 0.3) is 0 Å². The Morgan fingerprint density at radius 2 is 2.05 bits per heavy atom. The van der Waals surface area contributed by atoms with Crippen LogP contribution in [0.15, 0.2) is 12.1 Å². The molecular weight excluding hydrogens is 529 g/mol. The zero-order chi connectivity index (χ0) is 29.3. The van der Waals surface area contributed by atoms with Crippen molar-refractivity contribution in [3.63, 3.8) is 0 Å². The molecule has 1 aliphatic rings. The highest BCUT2D eigenvalue weighted by Gasteiger charge is 2.27. The molecule has 2 unspecified atom stereocenters. The first-order valence-corrected chi connectivity index (χ1v) is 13.9. The van der Waals surface area contributed by atoms with E-state index in [1.807, 2.05) is 30.7 Å². The number of rotatable bonds is 7. The summed E-state index contributed by atoms with van der Waals surface area (Å²) in [5.41, 5.74) is 4.42. The summed E-state index contributed by atoms with van der Waals surface area (Å²) >= 11 is 0. The van der Waals surface area contributed by atoms with Crippen molar-refractivity contribution in [1.82, 2.24) is 34.7 Å². The van der Waals surface area contributed by atoms with Crippen LogP contribution in [-0.2, 0) is 31.5 Å². The summed E-state index contributed by atoms with van der Waals surface area (Å²) in [5, 5.41) is 27.7. The molecule has 1 aromatic carbocycles. The Hall–Kier alpha value is -3.74. The quantitative estimate of drug-likeness (QED) is 0.345. The number of aromatic nitrogens is 6. The summed E-state index contributed by atoms with van der Waals surface area (Å²) in [6.45, 7) is 10.5. The summed E-state index contributed by atoms with van der Waals surface area (Å²) < 4.78 is 37.0. The first kappa shape index (κ1) is 28.8. The van der Waals surface area contributed by atoms with Crippen LogP contribution in [0.25, 0.3) is 34.2 Å². The maximum absolute atomic E-state index is 15.7. The van der Waals surface area contributed by atoms with Crippen molar-refractivity contribution >= 4 is 23.1 Å². The molecule has 4 heterocycles. The summed E-state index contributed by atoms with van der Waals surface area (Å²) in [6.07, 6.45) is 2.95. The highest BCUT2D eigenvalue weighted by Crippen LogP contribution is 2.38. The minimum Gasteiger partial charge on any atom is -0.476 e. The summed E-state index contributed by atoms with van der Waals surface area (Å²) in [4.78, 5) is 2.24. The van der Waals surface area contributed by atoms with Gasteiger partial charge in [-0.2, -0.15) is 10.2 Å². The maximum atomic E-state index is 15.7. The van der Waals surface area contributed by atoms with E-state index in [9.17, 15) is 5.11 Å². The fraction of sp³-hybridized carbons (Fsp3) is 0.483. The molecule has 0 fully saturated rings. The van der Waals surface area contributed by atoms with E-state index < -0.39 is 11.9 Å². The first-order valence-electron chi connectivity index (χ1n) is 13.9. The molecule has 4 aromatic rings. The molecular formula is C29H38FN7O4. The molecule has 0 radical (unpaired) electrons. The van der Waals surface area contributed by atoms with Crippen LogP contribution >= 0.6 is 0 Å². The fourth-order valence-corrected chi connectivity index (χ4v) is 5.32. The van der Waals surface area contributed by atoms with Gasteiger partial charge >= 0.3 is 0 Å². The second kappa shape index (κ2) is 12.0. The normalized spacial score (nSPS) is 17.5. The second-order valence-corrected chi connectivity index (χ2v) is 10.4. The Kier molecular flexibility index (Phi) is 8.43. The van der Waals surface area contributed by atoms with Gasteiger partial charge in [0.05, 0.1) is 53.9 Å². The number of H-pyrrole nitrogens is 1. The van der Waals surface area contributed by atoms with Gasteiger partial charge in [-0.3, -0.25) is 14.7 Å². The first-order chi connectivity index (χ1) is 19.7. The Labute approximate surface area is 238 Å². The van der Waals surface area contributed by atoms with Crippen molar-refractivity contribution in [1.29, 1.82) is 0 Å². The zero-order valence-electron chi connectivity index (χ0n) is 24.4. The van der Waals surface area contributed by atoms with Gasteiger partial charge in [0.2, 0.25) is 11.8 Å². The number of nitrogens with one attached hydrogen (secondary N) is 1. The predicted molar refractivity (Wildman–Crippen MR) is 154 cm³/mol. The van der Waals surface area contributed by atoms with E-state index in [1.165, 1.54) is 6.07 Å². The molecule has 5 rings (SSSR count). The number of aliphatic hydroxyl groups excluding tert-OH is 1. The molecule has 0 amide bonds. The number of aliphatic hydroxyl groups is 1. The lowest BCUT2D eigenvalue weighted by atomic mass is 10.0. The number of hydrogen-bond donors (Lipinski definition) is 2. The van der Waals surface area contributed by atoms with Crippen LogP contribution in [0.4, 0.5) is 4.39 Å². The third kappa shape index (κ3) is 5.72. The highest BCUT2D eigenvalue weighted by molar-refractivity contribution is 5.93. The van der Waals surface area contributed by atoms with Crippen molar-refractivity contribution in [2.45, 2.75) is 59.6 Å². The number of hydrogen-bond acceptors (Lipinski definition) is 8. The SMILES string of the molecule is CCOc1nn(CC(C)O)c2c1/C=C/c1n[nH]c3cc(F)c(cc13)-c1c(COC)nn(C)c1OC(C)CN(CC)C2. The van der Waals surface area contributed by atoms with Crippen molar-refractivity contribution in [2.75, 3.05) is 26.8 Å². The minimum absolute atomic E-state index is 0.201. The molecule has 11 nitrogen and oxygen atoms in total. The van der Waals surface area contributed by atoms with Crippen molar-refractivity contribution in [3.05, 3.63) is 40.6 Å². The molecule has 1 aliphatic heterocycles. The standard InChI is InChI=1S/C29H38FN7O4/c1-7-36-14-18(4)41-29-27(25(16-39-6)33-35(29)5)20-11-21-23(31-32-24(21)12-22(20)30)10-9-19-26(15-36)37(13-17(3)38)34-28(19)40-8-2/h9-12,17-18,38H,7-8,13-16H2,1-6H3,(H,31,32)/b10-9+. The van der Waals surface area contributed by atoms with E-state index in [0.717, 1.165) is 23.2 Å². The van der Waals surface area contributed by atoms with Gasteiger partial charge in [-0.05, 0) is 45.5 Å². The van der Waals surface area contributed by atoms with Crippen molar-refractivity contribution in [3.8, 4) is 22.9 Å². The van der Waals surface area contributed by atoms with Gasteiger partial charge in [0.1, 0.15) is 17.6 Å². The summed E-state index contributed by atoms with van der Waals surface area (Å²) in [7, 11) is 3.37. The maximum Gasteiger partial charge on any atom is 0.240 e. The molecule has 12 heteroatoms. The number of fused-ring (bicyclic) bond motifs is 4. The van der Waals surface area contributed by atoms with Crippen LogP contribution in [0, 0.1) is 5.82 Å². The molecule has 0 spiro atoms. The van der Waals surface area contributed by atoms with Gasteiger partial charge in [0, 0.05) is 44.3 Å². The largest absolute Gasteiger partial charge is 0.476 e. The van der Waals surface area contributed by atoms with E-state index in [1.54, 1.807) is 31.8 Å². The lowest BCUT2D eigenvalue weighted by molar-refractivity contribution is 0.131. The molecule has 41 heavy (non-hydrogen) atoms. The number of aromatic amines is 1. The van der Waals surface area contributed by atoms with Crippen LogP contribution in [0.2, 0.25) is 0 Å². The van der Waals surface area contributed by atoms with E-state index in [0.29, 0.717) is 66.0 Å². The van der Waals surface area contributed by atoms with Gasteiger partial charge in [-0.25, -0.2) is 9.07 Å². The molecule has 0 saturated carbocycles. The molecule has 220 valence electrons. The summed E-state index contributed by atoms with van der Waals surface area (Å²) in [5.74, 6) is 0.533. The van der Waals surface area contributed by atoms with E-state index in [-0.39, 0.29) is 12.7 Å². The Balaban J connectivity index is 1.75. The number of likely N-dealkylation sites (N-methyl/N-ethyl adjacent to an activating group) is 1. The highest BCUT2D eigenvalue weighted by atomic mass is 19.1. The van der Waals surface area contributed by atoms with Crippen molar-refractivity contribution < 1.29 is 23.7 Å². The zero-order valence-corrected chi connectivity index (χ0v) is 24.4. The lowest BCUT2D eigenvalue weighted by Crippen LogP contribution is -2.35. The Morgan fingerprint density at radius 3 is 2.76 bits per heavy atom. The van der Waals surface area contributed by atoms with Gasteiger partial charge in [-0.15, -0.1) is 5.10 Å². The van der Waals surface area contributed by atoms with E-state index >= 15 is 4.39 Å². The van der Waals surface area contributed by atoms with Crippen LogP contribution < -0.4 is 9.47 Å². The van der Waals surface area contributed by atoms with Gasteiger partial charge < -0.3 is 19.3 Å². The van der Waals surface area contributed by atoms with Crippen LogP contribution in [0.1, 0.15) is 50.3 Å².